The lowest BCUT2D eigenvalue weighted by Gasteiger charge is -2.17. The zero-order valence-electron chi connectivity index (χ0n) is 10.4. The molecule has 0 aliphatic rings. The third kappa shape index (κ3) is 4.05. The number of nitrogens with zero attached hydrogens (tertiary/aromatic N) is 3. The van der Waals surface area contributed by atoms with Crippen LogP contribution in [0, 0.1) is 5.92 Å². The van der Waals surface area contributed by atoms with E-state index in [2.05, 4.69) is 15.6 Å². The largest absolute Gasteiger partial charge is 0.480 e. The summed E-state index contributed by atoms with van der Waals surface area (Å²) in [6, 6.07) is -1.00. The summed E-state index contributed by atoms with van der Waals surface area (Å²) in [6.07, 6.45) is 1.09. The van der Waals surface area contributed by atoms with Crippen LogP contribution >= 0.6 is 0 Å². The van der Waals surface area contributed by atoms with E-state index >= 15 is 0 Å². The average molecular weight is 270 g/mol. The van der Waals surface area contributed by atoms with Crippen molar-refractivity contribution in [1.82, 2.24) is 20.3 Å². The molecule has 9 nitrogen and oxygen atoms in total. The van der Waals surface area contributed by atoms with Gasteiger partial charge in [0.25, 0.3) is 0 Å². The Labute approximate surface area is 108 Å². The lowest BCUT2D eigenvalue weighted by Crippen LogP contribution is -2.45. The van der Waals surface area contributed by atoms with E-state index < -0.39 is 23.9 Å². The van der Waals surface area contributed by atoms with Crippen LogP contribution in [-0.2, 0) is 16.1 Å². The number of hydrogen-bond donors (Lipinski definition) is 3. The fourth-order valence-electron chi connectivity index (χ4n) is 1.35. The molecular formula is C10H14N4O5. The molecule has 9 heteroatoms. The minimum Gasteiger partial charge on any atom is -0.480 e. The Balaban J connectivity index is 2.63. The molecule has 1 rings (SSSR count). The van der Waals surface area contributed by atoms with Crippen LogP contribution in [0.1, 0.15) is 24.3 Å². The monoisotopic (exact) mass is 270 g/mol. The van der Waals surface area contributed by atoms with Gasteiger partial charge in [-0.3, -0.25) is 4.79 Å². The van der Waals surface area contributed by atoms with Gasteiger partial charge in [0.1, 0.15) is 12.6 Å². The quantitative estimate of drug-likeness (QED) is 0.616. The van der Waals surface area contributed by atoms with Crippen molar-refractivity contribution in [3.8, 4) is 0 Å². The predicted octanol–water partition coefficient (Wildman–Crippen LogP) is -0.798. The lowest BCUT2D eigenvalue weighted by molar-refractivity contribution is -0.143. The van der Waals surface area contributed by atoms with Gasteiger partial charge in [0.2, 0.25) is 5.91 Å². The second kappa shape index (κ2) is 5.94. The number of nitrogens with one attached hydrogen (secondary N) is 1. The minimum atomic E-state index is -1.25. The van der Waals surface area contributed by atoms with Crippen LogP contribution < -0.4 is 5.32 Å². The summed E-state index contributed by atoms with van der Waals surface area (Å²) in [5, 5.41) is 26.7. The molecule has 0 aliphatic heterocycles. The first-order valence-corrected chi connectivity index (χ1v) is 5.47. The van der Waals surface area contributed by atoms with Gasteiger partial charge in [-0.1, -0.05) is 19.1 Å². The smallest absolute Gasteiger partial charge is 0.358 e. The Morgan fingerprint density at radius 2 is 2.00 bits per heavy atom. The fourth-order valence-corrected chi connectivity index (χ4v) is 1.35. The summed E-state index contributed by atoms with van der Waals surface area (Å²) in [5.41, 5.74) is -0.286. The molecular weight excluding hydrogens is 256 g/mol. The van der Waals surface area contributed by atoms with Gasteiger partial charge in [0.05, 0.1) is 6.20 Å². The molecule has 0 bridgehead atoms. The highest BCUT2D eigenvalue weighted by atomic mass is 16.4. The van der Waals surface area contributed by atoms with Crippen molar-refractivity contribution < 1.29 is 24.6 Å². The van der Waals surface area contributed by atoms with Gasteiger partial charge >= 0.3 is 11.9 Å². The zero-order valence-corrected chi connectivity index (χ0v) is 10.4. The SMILES string of the molecule is CC(C)[C@H](NC(=O)Cn1cc(C(=O)O)nn1)C(=O)O. The van der Waals surface area contributed by atoms with E-state index in [9.17, 15) is 14.4 Å². The maximum Gasteiger partial charge on any atom is 0.358 e. The number of aromatic carboxylic acids is 1. The number of rotatable bonds is 6. The molecule has 3 N–H and O–H groups in total. The van der Waals surface area contributed by atoms with Crippen LogP contribution in [0.25, 0.3) is 0 Å². The van der Waals surface area contributed by atoms with Crippen LogP contribution in [0.3, 0.4) is 0 Å². The topological polar surface area (TPSA) is 134 Å². The molecule has 1 heterocycles. The molecule has 1 amide bonds. The number of carboxylic acid groups (broad SMARTS) is 2. The third-order valence-electron chi connectivity index (χ3n) is 2.31. The van der Waals surface area contributed by atoms with E-state index in [1.165, 1.54) is 0 Å². The summed E-state index contributed by atoms with van der Waals surface area (Å²) >= 11 is 0. The zero-order chi connectivity index (χ0) is 14.6. The van der Waals surface area contributed by atoms with Crippen LogP contribution in [0.15, 0.2) is 6.20 Å². The number of hydrogen-bond acceptors (Lipinski definition) is 5. The van der Waals surface area contributed by atoms with Gasteiger partial charge in [-0.2, -0.15) is 0 Å². The Bertz CT molecular complexity index is 496. The van der Waals surface area contributed by atoms with Crippen molar-refractivity contribution in [1.29, 1.82) is 0 Å². The summed E-state index contributed by atoms with van der Waals surface area (Å²) in [5.74, 6) is -3.24. The molecule has 19 heavy (non-hydrogen) atoms. The van der Waals surface area contributed by atoms with E-state index in [4.69, 9.17) is 10.2 Å². The molecule has 0 radical (unpaired) electrons. The second-order valence-corrected chi connectivity index (χ2v) is 4.23. The van der Waals surface area contributed by atoms with E-state index in [-0.39, 0.29) is 18.2 Å². The normalized spacial score (nSPS) is 12.2. The molecule has 0 fully saturated rings. The first-order valence-electron chi connectivity index (χ1n) is 5.47. The van der Waals surface area contributed by atoms with E-state index in [1.54, 1.807) is 13.8 Å². The predicted molar refractivity (Wildman–Crippen MR) is 61.4 cm³/mol. The Morgan fingerprint density at radius 3 is 2.42 bits per heavy atom. The van der Waals surface area contributed by atoms with Gasteiger partial charge in [0.15, 0.2) is 5.69 Å². The molecule has 0 aliphatic carbocycles. The highest BCUT2D eigenvalue weighted by Gasteiger charge is 2.23. The summed E-state index contributed by atoms with van der Waals surface area (Å²) in [4.78, 5) is 33.1. The van der Waals surface area contributed by atoms with Gasteiger partial charge in [-0.25, -0.2) is 14.3 Å². The van der Waals surface area contributed by atoms with Crippen molar-refractivity contribution in [3.05, 3.63) is 11.9 Å². The maximum absolute atomic E-state index is 11.6. The van der Waals surface area contributed by atoms with Gasteiger partial charge in [0, 0.05) is 0 Å². The van der Waals surface area contributed by atoms with Crippen LogP contribution in [0.5, 0.6) is 0 Å². The molecule has 1 aromatic rings. The first-order chi connectivity index (χ1) is 8.81. The molecule has 0 unspecified atom stereocenters. The Morgan fingerprint density at radius 1 is 1.37 bits per heavy atom. The number of aromatic nitrogens is 3. The average Bonchev–Trinajstić information content (AvgIpc) is 2.73. The highest BCUT2D eigenvalue weighted by molar-refractivity contribution is 5.85. The van der Waals surface area contributed by atoms with Crippen molar-refractivity contribution in [2.24, 2.45) is 5.92 Å². The molecule has 0 aromatic carbocycles. The third-order valence-corrected chi connectivity index (χ3v) is 2.31. The van der Waals surface area contributed by atoms with Crippen LogP contribution in [0.4, 0.5) is 0 Å². The van der Waals surface area contributed by atoms with Crippen molar-refractivity contribution in [2.45, 2.75) is 26.4 Å². The molecule has 1 atom stereocenters. The number of carbonyl (C=O) groups excluding carboxylic acids is 1. The number of amides is 1. The van der Waals surface area contributed by atoms with Crippen molar-refractivity contribution in [2.75, 3.05) is 0 Å². The van der Waals surface area contributed by atoms with E-state index in [1.807, 2.05) is 0 Å². The molecule has 104 valence electrons. The number of carbonyl (C=O) groups is 3. The van der Waals surface area contributed by atoms with Crippen molar-refractivity contribution >= 4 is 17.8 Å². The van der Waals surface area contributed by atoms with E-state index in [0.29, 0.717) is 0 Å². The number of carboxylic acids is 2. The summed E-state index contributed by atoms with van der Waals surface area (Å²) in [6.45, 7) is 3.03. The van der Waals surface area contributed by atoms with Gasteiger partial charge in [-0.15, -0.1) is 5.10 Å². The summed E-state index contributed by atoms with van der Waals surface area (Å²) in [7, 11) is 0. The van der Waals surface area contributed by atoms with Crippen LogP contribution in [0.2, 0.25) is 0 Å². The van der Waals surface area contributed by atoms with Crippen molar-refractivity contribution in [3.63, 3.8) is 0 Å². The fraction of sp³-hybridized carbons (Fsp3) is 0.500. The standard InChI is InChI=1S/C10H14N4O5/c1-5(2)8(10(18)19)11-7(15)4-14-3-6(9(16)17)12-13-14/h3,5,8H,4H2,1-2H3,(H,11,15)(H,16,17)(H,18,19)/t8-/m0/s1. The highest BCUT2D eigenvalue weighted by Crippen LogP contribution is 2.02. The van der Waals surface area contributed by atoms with Gasteiger partial charge < -0.3 is 15.5 Å². The first kappa shape index (κ1) is 14.6. The summed E-state index contributed by atoms with van der Waals surface area (Å²) < 4.78 is 1.03. The Kier molecular flexibility index (Phi) is 4.56. The molecule has 1 aromatic heterocycles. The lowest BCUT2D eigenvalue weighted by atomic mass is 10.1. The van der Waals surface area contributed by atoms with Gasteiger partial charge in [-0.05, 0) is 5.92 Å². The molecule has 0 saturated carbocycles. The van der Waals surface area contributed by atoms with E-state index in [0.717, 1.165) is 10.9 Å². The maximum atomic E-state index is 11.6. The van der Waals surface area contributed by atoms with Crippen LogP contribution in [-0.4, -0.2) is 49.1 Å². The molecule has 0 spiro atoms. The number of aliphatic carboxylic acids is 1. The molecule has 0 saturated heterocycles. The second-order valence-electron chi connectivity index (χ2n) is 4.23. The minimum absolute atomic E-state index is 0.272. The Hall–Kier alpha value is -2.45.